The van der Waals surface area contributed by atoms with Crippen LogP contribution in [0.1, 0.15) is 34.8 Å². The molecule has 5 heteroatoms. The molecule has 0 spiro atoms. The van der Waals surface area contributed by atoms with E-state index in [2.05, 4.69) is 14.9 Å². The Labute approximate surface area is 154 Å². The Morgan fingerprint density at radius 1 is 1.19 bits per heavy atom. The zero-order valence-electron chi connectivity index (χ0n) is 15.6. The van der Waals surface area contributed by atoms with E-state index in [-0.39, 0.29) is 5.91 Å². The summed E-state index contributed by atoms with van der Waals surface area (Å²) in [5.41, 5.74) is 4.58. The molecule has 1 heterocycles. The number of nitrogens with one attached hydrogen (secondary N) is 1. The van der Waals surface area contributed by atoms with Gasteiger partial charge in [-0.2, -0.15) is 0 Å². The minimum Gasteiger partial charge on any atom is -0.382 e. The standard InChI is InChI=1S/C21H25N3O2/c1-4-26-13-7-12-24-19-9-6-5-8-18(19)22-21(24)23-20(25)17-14-15(2)10-11-16(17)3/h5-6,8-11,14H,4,7,12-13H2,1-3H3,(H,22,23,25). The molecule has 0 saturated heterocycles. The Balaban J connectivity index is 1.88. The van der Waals surface area contributed by atoms with E-state index in [1.54, 1.807) is 0 Å². The fraction of sp³-hybridized carbons (Fsp3) is 0.333. The molecule has 0 unspecified atom stereocenters. The van der Waals surface area contributed by atoms with Gasteiger partial charge in [-0.3, -0.25) is 10.1 Å². The third kappa shape index (κ3) is 3.94. The summed E-state index contributed by atoms with van der Waals surface area (Å²) in [7, 11) is 0. The number of aryl methyl sites for hydroxylation is 3. The van der Waals surface area contributed by atoms with Crippen molar-refractivity contribution >= 4 is 22.9 Å². The van der Waals surface area contributed by atoms with Crippen molar-refractivity contribution in [2.45, 2.75) is 33.7 Å². The third-order valence-electron chi connectivity index (χ3n) is 4.39. The summed E-state index contributed by atoms with van der Waals surface area (Å²) in [6, 6.07) is 13.8. The van der Waals surface area contributed by atoms with Gasteiger partial charge in [-0.15, -0.1) is 0 Å². The van der Waals surface area contributed by atoms with Crippen LogP contribution in [-0.4, -0.2) is 28.7 Å². The predicted octanol–water partition coefficient (Wildman–Crippen LogP) is 4.33. The Hall–Kier alpha value is -2.66. The van der Waals surface area contributed by atoms with Gasteiger partial charge in [0, 0.05) is 25.3 Å². The van der Waals surface area contributed by atoms with E-state index in [1.165, 1.54) is 0 Å². The number of hydrogen-bond acceptors (Lipinski definition) is 3. The van der Waals surface area contributed by atoms with Crippen molar-refractivity contribution in [2.75, 3.05) is 18.5 Å². The van der Waals surface area contributed by atoms with Gasteiger partial charge in [0.25, 0.3) is 5.91 Å². The lowest BCUT2D eigenvalue weighted by atomic mass is 10.1. The molecule has 26 heavy (non-hydrogen) atoms. The molecule has 0 radical (unpaired) electrons. The molecule has 1 N–H and O–H groups in total. The van der Waals surface area contributed by atoms with Gasteiger partial charge in [0.05, 0.1) is 11.0 Å². The maximum Gasteiger partial charge on any atom is 0.258 e. The van der Waals surface area contributed by atoms with Gasteiger partial charge in [0.1, 0.15) is 0 Å². The van der Waals surface area contributed by atoms with Crippen LogP contribution in [0.5, 0.6) is 0 Å². The first kappa shape index (κ1) is 18.1. The van der Waals surface area contributed by atoms with E-state index in [4.69, 9.17) is 4.74 Å². The van der Waals surface area contributed by atoms with Crippen molar-refractivity contribution in [3.05, 3.63) is 59.2 Å². The lowest BCUT2D eigenvalue weighted by molar-refractivity contribution is 0.102. The number of fused-ring (bicyclic) bond motifs is 1. The van der Waals surface area contributed by atoms with Crippen molar-refractivity contribution in [3.8, 4) is 0 Å². The van der Waals surface area contributed by atoms with Gasteiger partial charge in [-0.25, -0.2) is 4.98 Å². The maximum atomic E-state index is 12.8. The molecule has 5 nitrogen and oxygen atoms in total. The number of para-hydroxylation sites is 2. The van der Waals surface area contributed by atoms with E-state index in [9.17, 15) is 4.79 Å². The van der Waals surface area contributed by atoms with E-state index in [0.717, 1.165) is 35.1 Å². The van der Waals surface area contributed by atoms with Crippen LogP contribution < -0.4 is 5.32 Å². The number of rotatable bonds is 7. The Kier molecular flexibility index (Phi) is 5.68. The molecule has 0 aliphatic carbocycles. The van der Waals surface area contributed by atoms with E-state index in [1.807, 2.05) is 63.2 Å². The van der Waals surface area contributed by atoms with Crippen molar-refractivity contribution in [1.82, 2.24) is 9.55 Å². The van der Waals surface area contributed by atoms with Gasteiger partial charge in [-0.05, 0) is 51.0 Å². The van der Waals surface area contributed by atoms with Crippen molar-refractivity contribution < 1.29 is 9.53 Å². The van der Waals surface area contributed by atoms with Gasteiger partial charge < -0.3 is 9.30 Å². The molecule has 136 valence electrons. The van der Waals surface area contributed by atoms with Crippen molar-refractivity contribution in [3.63, 3.8) is 0 Å². The number of carbonyl (C=O) groups excluding carboxylic acids is 1. The van der Waals surface area contributed by atoms with Crippen LogP contribution in [0.25, 0.3) is 11.0 Å². The molecule has 1 aromatic heterocycles. The summed E-state index contributed by atoms with van der Waals surface area (Å²) in [5.74, 6) is 0.446. The highest BCUT2D eigenvalue weighted by molar-refractivity contribution is 6.05. The fourth-order valence-electron chi connectivity index (χ4n) is 3.02. The molecule has 0 fully saturated rings. The molecule has 3 aromatic rings. The SMILES string of the molecule is CCOCCCn1c(NC(=O)c2cc(C)ccc2C)nc2ccccc21. The Morgan fingerprint density at radius 2 is 2.00 bits per heavy atom. The number of nitrogens with zero attached hydrogens (tertiary/aromatic N) is 2. The zero-order valence-corrected chi connectivity index (χ0v) is 15.6. The second kappa shape index (κ2) is 8.15. The van der Waals surface area contributed by atoms with Crippen LogP contribution in [0.15, 0.2) is 42.5 Å². The summed E-state index contributed by atoms with van der Waals surface area (Å²) >= 11 is 0. The lowest BCUT2D eigenvalue weighted by Crippen LogP contribution is -2.17. The number of hydrogen-bond donors (Lipinski definition) is 1. The summed E-state index contributed by atoms with van der Waals surface area (Å²) in [6.07, 6.45) is 0.862. The number of aromatic nitrogens is 2. The number of amides is 1. The molecular formula is C21H25N3O2. The molecule has 2 aromatic carbocycles. The van der Waals surface area contributed by atoms with Crippen molar-refractivity contribution in [2.24, 2.45) is 0 Å². The molecule has 0 saturated carbocycles. The lowest BCUT2D eigenvalue weighted by Gasteiger charge is -2.11. The third-order valence-corrected chi connectivity index (χ3v) is 4.39. The molecule has 0 aliphatic heterocycles. The molecule has 1 amide bonds. The fourth-order valence-corrected chi connectivity index (χ4v) is 3.02. The first-order valence-corrected chi connectivity index (χ1v) is 9.01. The minimum absolute atomic E-state index is 0.132. The van der Waals surface area contributed by atoms with Gasteiger partial charge in [0.15, 0.2) is 0 Å². The molecule has 3 rings (SSSR count). The van der Waals surface area contributed by atoms with Gasteiger partial charge in [-0.1, -0.05) is 29.8 Å². The van der Waals surface area contributed by atoms with Crippen molar-refractivity contribution in [1.29, 1.82) is 0 Å². The normalized spacial score (nSPS) is 11.0. The first-order valence-electron chi connectivity index (χ1n) is 9.01. The smallest absolute Gasteiger partial charge is 0.258 e. The van der Waals surface area contributed by atoms with Crippen LogP contribution in [-0.2, 0) is 11.3 Å². The minimum atomic E-state index is -0.132. The van der Waals surface area contributed by atoms with Crippen LogP contribution in [0, 0.1) is 13.8 Å². The highest BCUT2D eigenvalue weighted by Crippen LogP contribution is 2.21. The Morgan fingerprint density at radius 3 is 2.81 bits per heavy atom. The summed E-state index contributed by atoms with van der Waals surface area (Å²) < 4.78 is 7.49. The number of benzene rings is 2. The predicted molar refractivity (Wildman–Crippen MR) is 105 cm³/mol. The average molecular weight is 351 g/mol. The van der Waals surface area contributed by atoms with E-state index >= 15 is 0 Å². The highest BCUT2D eigenvalue weighted by Gasteiger charge is 2.15. The number of ether oxygens (including phenoxy) is 1. The summed E-state index contributed by atoms with van der Waals surface area (Å²) in [4.78, 5) is 17.4. The number of anilines is 1. The topological polar surface area (TPSA) is 56.1 Å². The van der Waals surface area contributed by atoms with Crippen LogP contribution >= 0.6 is 0 Å². The van der Waals surface area contributed by atoms with E-state index < -0.39 is 0 Å². The molecule has 0 atom stereocenters. The summed E-state index contributed by atoms with van der Waals surface area (Å²) in [5, 5.41) is 3.00. The molecule has 0 aliphatic rings. The van der Waals surface area contributed by atoms with Gasteiger partial charge >= 0.3 is 0 Å². The zero-order chi connectivity index (χ0) is 18.5. The highest BCUT2D eigenvalue weighted by atomic mass is 16.5. The van der Waals surface area contributed by atoms with E-state index in [0.29, 0.717) is 24.7 Å². The average Bonchev–Trinajstić information content (AvgIpc) is 2.98. The summed E-state index contributed by atoms with van der Waals surface area (Å²) in [6.45, 7) is 8.05. The quantitative estimate of drug-likeness (QED) is 0.645. The second-order valence-electron chi connectivity index (χ2n) is 6.40. The molecule has 0 bridgehead atoms. The second-order valence-corrected chi connectivity index (χ2v) is 6.40. The Bertz CT molecular complexity index is 915. The number of imidazole rings is 1. The monoisotopic (exact) mass is 351 g/mol. The number of carbonyl (C=O) groups is 1. The largest absolute Gasteiger partial charge is 0.382 e. The maximum absolute atomic E-state index is 12.8. The van der Waals surface area contributed by atoms with Crippen LogP contribution in [0.4, 0.5) is 5.95 Å². The molecular weight excluding hydrogens is 326 g/mol. The first-order chi connectivity index (χ1) is 12.6. The van der Waals surface area contributed by atoms with Gasteiger partial charge in [0.2, 0.25) is 5.95 Å². The van der Waals surface area contributed by atoms with Crippen LogP contribution in [0.2, 0.25) is 0 Å². The van der Waals surface area contributed by atoms with Crippen LogP contribution in [0.3, 0.4) is 0 Å².